The van der Waals surface area contributed by atoms with Crippen LogP contribution in [-0.4, -0.2) is 42.4 Å². The Morgan fingerprint density at radius 1 is 1.24 bits per heavy atom. The van der Waals surface area contributed by atoms with E-state index in [0.717, 1.165) is 25.7 Å². The summed E-state index contributed by atoms with van der Waals surface area (Å²) in [5, 5.41) is 2.93. The lowest BCUT2D eigenvalue weighted by Gasteiger charge is -2.32. The van der Waals surface area contributed by atoms with Gasteiger partial charge in [-0.25, -0.2) is 4.39 Å². The van der Waals surface area contributed by atoms with Crippen LogP contribution in [0.15, 0.2) is 24.3 Å². The van der Waals surface area contributed by atoms with Gasteiger partial charge in [0.25, 0.3) is 5.91 Å². The first-order chi connectivity index (χ1) is 11.5. The third kappa shape index (κ3) is 5.16. The summed E-state index contributed by atoms with van der Waals surface area (Å²) in [5.41, 5.74) is 6.46. The van der Waals surface area contributed by atoms with Crippen molar-refractivity contribution in [2.45, 2.75) is 31.7 Å². The van der Waals surface area contributed by atoms with Gasteiger partial charge < -0.3 is 16.0 Å². The van der Waals surface area contributed by atoms with Crippen molar-refractivity contribution in [1.29, 1.82) is 0 Å². The highest BCUT2D eigenvalue weighted by atomic mass is 35.5. The fourth-order valence-electron chi connectivity index (χ4n) is 3.20. The number of benzene rings is 1. The standard InChI is InChI=1S/C18H24FN3O2.ClH/c19-15-7-5-13(6-8-15)18(24)22-9-1-2-14(11-22)17(23)21-10-16(20)12-3-4-12;/h5-8,12,14,16H,1-4,9-11,20H2,(H,21,23);1H. The van der Waals surface area contributed by atoms with Crippen LogP contribution in [-0.2, 0) is 4.79 Å². The topological polar surface area (TPSA) is 75.4 Å². The largest absolute Gasteiger partial charge is 0.354 e. The van der Waals surface area contributed by atoms with Crippen LogP contribution in [0.5, 0.6) is 0 Å². The Hall–Kier alpha value is -1.66. The molecule has 1 aromatic rings. The molecule has 1 aliphatic carbocycles. The average molecular weight is 370 g/mol. The number of nitrogens with zero attached hydrogens (tertiary/aromatic N) is 1. The zero-order valence-corrected chi connectivity index (χ0v) is 14.9. The summed E-state index contributed by atoms with van der Waals surface area (Å²) < 4.78 is 13.0. The van der Waals surface area contributed by atoms with Gasteiger partial charge >= 0.3 is 0 Å². The Labute approximate surface area is 153 Å². The van der Waals surface area contributed by atoms with E-state index in [-0.39, 0.29) is 42.0 Å². The van der Waals surface area contributed by atoms with Gasteiger partial charge in [0.1, 0.15) is 5.82 Å². The third-order valence-corrected chi connectivity index (χ3v) is 4.91. The SMILES string of the molecule is Cl.NC(CNC(=O)C1CCCN(C(=O)c2ccc(F)cc2)C1)C1CC1. The lowest BCUT2D eigenvalue weighted by Crippen LogP contribution is -2.47. The van der Waals surface area contributed by atoms with Crippen molar-refractivity contribution in [2.75, 3.05) is 19.6 Å². The van der Waals surface area contributed by atoms with E-state index in [0.29, 0.717) is 31.1 Å². The lowest BCUT2D eigenvalue weighted by atomic mass is 9.96. The van der Waals surface area contributed by atoms with Crippen LogP contribution >= 0.6 is 12.4 Å². The number of carbonyl (C=O) groups excluding carboxylic acids is 2. The minimum atomic E-state index is -0.366. The second kappa shape index (κ2) is 8.63. The molecule has 2 unspecified atom stereocenters. The number of likely N-dealkylation sites (tertiary alicyclic amines) is 1. The predicted octanol–water partition coefficient (Wildman–Crippen LogP) is 1.95. The van der Waals surface area contributed by atoms with E-state index >= 15 is 0 Å². The number of carbonyl (C=O) groups is 2. The van der Waals surface area contributed by atoms with Crippen LogP contribution in [0, 0.1) is 17.7 Å². The minimum absolute atomic E-state index is 0. The van der Waals surface area contributed by atoms with E-state index in [4.69, 9.17) is 5.73 Å². The van der Waals surface area contributed by atoms with Gasteiger partial charge in [-0.2, -0.15) is 0 Å². The summed E-state index contributed by atoms with van der Waals surface area (Å²) in [6, 6.07) is 5.56. The van der Waals surface area contributed by atoms with Crippen molar-refractivity contribution in [3.8, 4) is 0 Å². The summed E-state index contributed by atoms with van der Waals surface area (Å²) in [4.78, 5) is 26.5. The molecular weight excluding hydrogens is 345 g/mol. The van der Waals surface area contributed by atoms with E-state index in [9.17, 15) is 14.0 Å². The molecule has 3 rings (SSSR count). The van der Waals surface area contributed by atoms with E-state index in [2.05, 4.69) is 5.32 Å². The van der Waals surface area contributed by atoms with Crippen LogP contribution in [0.25, 0.3) is 0 Å². The predicted molar refractivity (Wildman–Crippen MR) is 96.0 cm³/mol. The van der Waals surface area contributed by atoms with E-state index < -0.39 is 0 Å². The summed E-state index contributed by atoms with van der Waals surface area (Å²) in [5.74, 6) is -0.193. The van der Waals surface area contributed by atoms with Gasteiger partial charge in [-0.05, 0) is 55.9 Å². The van der Waals surface area contributed by atoms with Crippen molar-refractivity contribution in [3.63, 3.8) is 0 Å². The van der Waals surface area contributed by atoms with Crippen LogP contribution in [0.1, 0.15) is 36.0 Å². The second-order valence-electron chi connectivity index (χ2n) is 6.84. The van der Waals surface area contributed by atoms with Crippen molar-refractivity contribution in [3.05, 3.63) is 35.6 Å². The third-order valence-electron chi connectivity index (χ3n) is 4.91. The number of rotatable bonds is 5. The number of halogens is 2. The van der Waals surface area contributed by atoms with E-state index in [1.807, 2.05) is 0 Å². The molecule has 0 aromatic heterocycles. The molecule has 1 aromatic carbocycles. The van der Waals surface area contributed by atoms with Gasteiger partial charge in [0.05, 0.1) is 5.92 Å². The molecule has 1 saturated carbocycles. The Morgan fingerprint density at radius 2 is 1.92 bits per heavy atom. The van der Waals surface area contributed by atoms with Gasteiger partial charge in [-0.15, -0.1) is 12.4 Å². The molecular formula is C18H25ClFN3O2. The molecule has 3 N–H and O–H groups in total. The van der Waals surface area contributed by atoms with Crippen LogP contribution in [0.3, 0.4) is 0 Å². The lowest BCUT2D eigenvalue weighted by molar-refractivity contribution is -0.126. The van der Waals surface area contributed by atoms with Crippen LogP contribution in [0.4, 0.5) is 4.39 Å². The number of nitrogens with one attached hydrogen (secondary N) is 1. The number of nitrogens with two attached hydrogens (primary N) is 1. The first kappa shape index (κ1) is 19.7. The van der Waals surface area contributed by atoms with Gasteiger partial charge in [0.15, 0.2) is 0 Å². The summed E-state index contributed by atoms with van der Waals surface area (Å²) in [6.45, 7) is 1.54. The Morgan fingerprint density at radius 3 is 2.56 bits per heavy atom. The molecule has 1 aliphatic heterocycles. The molecule has 2 aliphatic rings. The number of piperidine rings is 1. The maximum Gasteiger partial charge on any atom is 0.253 e. The zero-order chi connectivity index (χ0) is 17.1. The fourth-order valence-corrected chi connectivity index (χ4v) is 3.20. The van der Waals surface area contributed by atoms with Gasteiger partial charge in [0.2, 0.25) is 5.91 Å². The molecule has 1 heterocycles. The highest BCUT2D eigenvalue weighted by Crippen LogP contribution is 2.31. The number of hydrogen-bond donors (Lipinski definition) is 2. The molecule has 5 nitrogen and oxygen atoms in total. The molecule has 2 amide bonds. The van der Waals surface area contributed by atoms with E-state index in [1.54, 1.807) is 4.90 Å². The summed E-state index contributed by atoms with van der Waals surface area (Å²) in [7, 11) is 0. The van der Waals surface area contributed by atoms with Gasteiger partial charge in [-0.1, -0.05) is 0 Å². The van der Waals surface area contributed by atoms with Crippen LogP contribution < -0.4 is 11.1 Å². The first-order valence-electron chi connectivity index (χ1n) is 8.62. The fraction of sp³-hybridized carbons (Fsp3) is 0.556. The average Bonchev–Trinajstić information content (AvgIpc) is 3.44. The highest BCUT2D eigenvalue weighted by Gasteiger charge is 2.31. The smallest absolute Gasteiger partial charge is 0.253 e. The minimum Gasteiger partial charge on any atom is -0.354 e. The van der Waals surface area contributed by atoms with Crippen LogP contribution in [0.2, 0.25) is 0 Å². The number of amides is 2. The monoisotopic (exact) mass is 369 g/mol. The molecule has 1 saturated heterocycles. The second-order valence-corrected chi connectivity index (χ2v) is 6.84. The molecule has 0 spiro atoms. The highest BCUT2D eigenvalue weighted by molar-refractivity contribution is 5.94. The zero-order valence-electron chi connectivity index (χ0n) is 14.1. The normalized spacial score (nSPS) is 21.2. The van der Waals surface area contributed by atoms with Crippen molar-refractivity contribution in [2.24, 2.45) is 17.6 Å². The van der Waals surface area contributed by atoms with Gasteiger partial charge in [-0.3, -0.25) is 9.59 Å². The molecule has 2 fully saturated rings. The van der Waals surface area contributed by atoms with Gasteiger partial charge in [0, 0.05) is 31.2 Å². The van der Waals surface area contributed by atoms with Crippen molar-refractivity contribution < 1.29 is 14.0 Å². The molecule has 7 heteroatoms. The van der Waals surface area contributed by atoms with E-state index in [1.165, 1.54) is 24.3 Å². The van der Waals surface area contributed by atoms with Crippen molar-refractivity contribution >= 4 is 24.2 Å². The summed E-state index contributed by atoms with van der Waals surface area (Å²) >= 11 is 0. The maximum absolute atomic E-state index is 13.0. The Balaban J connectivity index is 0.00000225. The Bertz CT molecular complexity index is 607. The number of hydrogen-bond acceptors (Lipinski definition) is 3. The van der Waals surface area contributed by atoms with Crippen molar-refractivity contribution in [1.82, 2.24) is 10.2 Å². The molecule has 2 atom stereocenters. The quantitative estimate of drug-likeness (QED) is 0.833. The first-order valence-corrected chi connectivity index (χ1v) is 8.62. The molecule has 0 bridgehead atoms. The summed E-state index contributed by atoms with van der Waals surface area (Å²) in [6.07, 6.45) is 3.87. The Kier molecular flexibility index (Phi) is 6.79. The maximum atomic E-state index is 13.0. The molecule has 25 heavy (non-hydrogen) atoms. The molecule has 0 radical (unpaired) electrons. The molecule has 138 valence electrons.